The predicted octanol–water partition coefficient (Wildman–Crippen LogP) is 3.67. The predicted molar refractivity (Wildman–Crippen MR) is 81.3 cm³/mol. The van der Waals surface area contributed by atoms with Gasteiger partial charge in [-0.1, -0.05) is 40.3 Å². The van der Waals surface area contributed by atoms with E-state index in [2.05, 4.69) is 38.7 Å². The molecular weight excluding hydrogens is 256 g/mol. The van der Waals surface area contributed by atoms with Crippen molar-refractivity contribution in [2.24, 2.45) is 5.41 Å². The summed E-state index contributed by atoms with van der Waals surface area (Å²) in [6, 6.07) is 0. The summed E-state index contributed by atoms with van der Waals surface area (Å²) in [6.45, 7) is 17.1. The van der Waals surface area contributed by atoms with E-state index in [9.17, 15) is 9.59 Å². The van der Waals surface area contributed by atoms with Gasteiger partial charge in [0.1, 0.15) is 0 Å². The Bertz CT molecular complexity index is 318. The van der Waals surface area contributed by atoms with Gasteiger partial charge in [-0.15, -0.1) is 0 Å². The van der Waals surface area contributed by atoms with Crippen molar-refractivity contribution in [2.75, 3.05) is 6.61 Å². The molecule has 0 aliphatic heterocycles. The molecule has 0 bridgehead atoms. The van der Waals surface area contributed by atoms with Crippen LogP contribution in [0.3, 0.4) is 0 Å². The van der Waals surface area contributed by atoms with Gasteiger partial charge >= 0.3 is 11.9 Å². The first-order valence-electron chi connectivity index (χ1n) is 6.84. The zero-order chi connectivity index (χ0) is 16.2. The number of rotatable bonds is 7. The quantitative estimate of drug-likeness (QED) is 0.529. The molecule has 0 N–H and O–H groups in total. The van der Waals surface area contributed by atoms with Gasteiger partial charge in [0.15, 0.2) is 0 Å². The summed E-state index contributed by atoms with van der Waals surface area (Å²) in [5.41, 5.74) is 0.237. The molecule has 4 heteroatoms. The van der Waals surface area contributed by atoms with Crippen LogP contribution < -0.4 is 0 Å². The molecule has 0 amide bonds. The van der Waals surface area contributed by atoms with Crippen molar-refractivity contribution in [3.05, 3.63) is 25.3 Å². The molecule has 0 fully saturated rings. The lowest BCUT2D eigenvalue weighted by Gasteiger charge is -2.26. The van der Waals surface area contributed by atoms with E-state index in [0.717, 1.165) is 18.9 Å². The molecule has 0 heterocycles. The van der Waals surface area contributed by atoms with Crippen LogP contribution in [0, 0.1) is 5.41 Å². The lowest BCUT2D eigenvalue weighted by atomic mass is 9.84. The average molecular weight is 284 g/mol. The highest BCUT2D eigenvalue weighted by molar-refractivity contribution is 5.81. The van der Waals surface area contributed by atoms with Crippen LogP contribution in [0.2, 0.25) is 0 Å². The number of esters is 2. The summed E-state index contributed by atoms with van der Waals surface area (Å²) in [7, 11) is 0. The van der Waals surface area contributed by atoms with E-state index in [1.807, 2.05) is 6.92 Å². The Morgan fingerprint density at radius 3 is 1.95 bits per heavy atom. The highest BCUT2D eigenvalue weighted by Gasteiger charge is 2.20. The minimum absolute atomic E-state index is 0.0274. The van der Waals surface area contributed by atoms with Crippen molar-refractivity contribution in [3.8, 4) is 0 Å². The van der Waals surface area contributed by atoms with Crippen molar-refractivity contribution < 1.29 is 19.1 Å². The fraction of sp³-hybridized carbons (Fsp3) is 0.625. The summed E-state index contributed by atoms with van der Waals surface area (Å²) in [5.74, 6) is -0.693. The van der Waals surface area contributed by atoms with Gasteiger partial charge in [0.2, 0.25) is 0 Å². The molecule has 0 rings (SSSR count). The molecule has 0 aliphatic rings. The lowest BCUT2D eigenvalue weighted by molar-refractivity contribution is -0.143. The maximum atomic E-state index is 10.9. The minimum atomic E-state index is -0.359. The van der Waals surface area contributed by atoms with E-state index in [1.54, 1.807) is 6.92 Å². The molecule has 116 valence electrons. The average Bonchev–Trinajstić information content (AvgIpc) is 2.38. The first-order chi connectivity index (χ1) is 9.22. The van der Waals surface area contributed by atoms with Gasteiger partial charge in [-0.3, -0.25) is 0 Å². The molecule has 0 saturated carbocycles. The summed E-state index contributed by atoms with van der Waals surface area (Å²) < 4.78 is 9.51. The zero-order valence-electron chi connectivity index (χ0n) is 13.4. The van der Waals surface area contributed by atoms with E-state index >= 15 is 0 Å². The van der Waals surface area contributed by atoms with E-state index in [-0.39, 0.29) is 23.5 Å². The summed E-state index contributed by atoms with van der Waals surface area (Å²) >= 11 is 0. The standard InChI is InChI=1S/C11H20O2.C5H8O2/c1-6-10(12)13-9(3)8-11(4,5)7-2;1-3-5(6)7-4-2/h6,9H,1,7-8H2,2-5H3;3H,1,4H2,2H3. The summed E-state index contributed by atoms with van der Waals surface area (Å²) in [6.07, 6.45) is 4.30. The second-order valence-corrected chi connectivity index (χ2v) is 5.13. The smallest absolute Gasteiger partial charge is 0.330 e. The topological polar surface area (TPSA) is 52.6 Å². The second kappa shape index (κ2) is 11.3. The molecule has 0 spiro atoms. The van der Waals surface area contributed by atoms with Crippen LogP contribution in [0.1, 0.15) is 47.5 Å². The van der Waals surface area contributed by atoms with Crippen LogP contribution in [-0.4, -0.2) is 24.6 Å². The Labute approximate surface area is 122 Å². The van der Waals surface area contributed by atoms with Gasteiger partial charge in [-0.25, -0.2) is 9.59 Å². The Morgan fingerprint density at radius 2 is 1.65 bits per heavy atom. The van der Waals surface area contributed by atoms with E-state index in [4.69, 9.17) is 4.74 Å². The first-order valence-corrected chi connectivity index (χ1v) is 6.84. The molecule has 20 heavy (non-hydrogen) atoms. The van der Waals surface area contributed by atoms with Gasteiger partial charge < -0.3 is 9.47 Å². The normalized spacial score (nSPS) is 11.4. The number of hydrogen-bond donors (Lipinski definition) is 0. The fourth-order valence-corrected chi connectivity index (χ4v) is 1.41. The molecule has 0 aliphatic carbocycles. The van der Waals surface area contributed by atoms with Crippen LogP contribution in [-0.2, 0) is 19.1 Å². The van der Waals surface area contributed by atoms with Crippen LogP contribution >= 0.6 is 0 Å². The third-order valence-corrected chi connectivity index (χ3v) is 2.73. The van der Waals surface area contributed by atoms with Crippen molar-refractivity contribution in [2.45, 2.75) is 53.6 Å². The lowest BCUT2D eigenvalue weighted by Crippen LogP contribution is -2.22. The Balaban J connectivity index is 0. The highest BCUT2D eigenvalue weighted by atomic mass is 16.5. The summed E-state index contributed by atoms with van der Waals surface area (Å²) in [4.78, 5) is 20.9. The second-order valence-electron chi connectivity index (χ2n) is 5.13. The molecular formula is C16H28O4. The SMILES string of the molecule is C=CC(=O)OC(C)CC(C)(C)CC.C=CC(=O)OCC. The highest BCUT2D eigenvalue weighted by Crippen LogP contribution is 2.27. The Hall–Kier alpha value is -1.58. The van der Waals surface area contributed by atoms with Crippen LogP contribution in [0.5, 0.6) is 0 Å². The van der Waals surface area contributed by atoms with Crippen molar-refractivity contribution in [1.29, 1.82) is 0 Å². The van der Waals surface area contributed by atoms with Gasteiger partial charge in [0, 0.05) is 12.2 Å². The van der Waals surface area contributed by atoms with Crippen molar-refractivity contribution in [1.82, 2.24) is 0 Å². The molecule has 0 saturated heterocycles. The fourth-order valence-electron chi connectivity index (χ4n) is 1.41. The van der Waals surface area contributed by atoms with E-state index in [1.165, 1.54) is 6.08 Å². The van der Waals surface area contributed by atoms with Crippen molar-refractivity contribution in [3.63, 3.8) is 0 Å². The third kappa shape index (κ3) is 12.9. The molecule has 0 aromatic rings. The molecule has 4 nitrogen and oxygen atoms in total. The minimum Gasteiger partial charge on any atom is -0.463 e. The Kier molecular flexibility index (Phi) is 11.7. The number of hydrogen-bond acceptors (Lipinski definition) is 4. The maximum Gasteiger partial charge on any atom is 0.330 e. The molecule has 0 radical (unpaired) electrons. The zero-order valence-corrected chi connectivity index (χ0v) is 13.4. The molecule has 0 aromatic heterocycles. The monoisotopic (exact) mass is 284 g/mol. The summed E-state index contributed by atoms with van der Waals surface area (Å²) in [5, 5.41) is 0. The Morgan fingerprint density at radius 1 is 1.15 bits per heavy atom. The molecule has 1 atom stereocenters. The van der Waals surface area contributed by atoms with E-state index < -0.39 is 0 Å². The van der Waals surface area contributed by atoms with Gasteiger partial charge in [-0.2, -0.15) is 0 Å². The first kappa shape index (κ1) is 20.7. The van der Waals surface area contributed by atoms with Gasteiger partial charge in [0.25, 0.3) is 0 Å². The van der Waals surface area contributed by atoms with Crippen molar-refractivity contribution >= 4 is 11.9 Å². The van der Waals surface area contributed by atoms with Crippen LogP contribution in [0.25, 0.3) is 0 Å². The number of ether oxygens (including phenoxy) is 2. The van der Waals surface area contributed by atoms with Gasteiger partial charge in [-0.05, 0) is 25.7 Å². The van der Waals surface area contributed by atoms with Gasteiger partial charge in [0.05, 0.1) is 12.7 Å². The number of carbonyl (C=O) groups is 2. The van der Waals surface area contributed by atoms with E-state index in [0.29, 0.717) is 6.61 Å². The molecule has 0 aromatic carbocycles. The maximum absolute atomic E-state index is 10.9. The largest absolute Gasteiger partial charge is 0.463 e. The van der Waals surface area contributed by atoms with Crippen LogP contribution in [0.4, 0.5) is 0 Å². The number of carbonyl (C=O) groups excluding carboxylic acids is 2. The third-order valence-electron chi connectivity index (χ3n) is 2.73. The van der Waals surface area contributed by atoms with Crippen LogP contribution in [0.15, 0.2) is 25.3 Å². The molecule has 1 unspecified atom stereocenters.